The van der Waals surface area contributed by atoms with Crippen LogP contribution in [0.3, 0.4) is 0 Å². The van der Waals surface area contributed by atoms with Crippen molar-refractivity contribution in [2.45, 2.75) is 0 Å². The van der Waals surface area contributed by atoms with Crippen LogP contribution < -0.4 is 20.7 Å². The molecule has 130 valence electrons. The highest BCUT2D eigenvalue weighted by atomic mass is 16.5. The van der Waals surface area contributed by atoms with E-state index in [2.05, 4.69) is 16.0 Å². The quantitative estimate of drug-likeness (QED) is 0.740. The van der Waals surface area contributed by atoms with E-state index < -0.39 is 5.91 Å². The van der Waals surface area contributed by atoms with Gasteiger partial charge in [-0.3, -0.25) is 14.4 Å². The highest BCUT2D eigenvalue weighted by Crippen LogP contribution is 2.25. The molecule has 0 unspecified atom stereocenters. The molecular formula is C18H19N3O4. The lowest BCUT2D eigenvalue weighted by molar-refractivity contribution is -0.115. The van der Waals surface area contributed by atoms with E-state index in [-0.39, 0.29) is 18.4 Å². The summed E-state index contributed by atoms with van der Waals surface area (Å²) >= 11 is 0. The standard InChI is InChI=1S/C18H19N3O4/c1-19-17(23)13-8-9-14(15(10-13)25-2)21-16(22)11-20-18(24)12-6-4-3-5-7-12/h3-10H,11H2,1-2H3,(H,19,23)(H,20,24)(H,21,22). The van der Waals surface area contributed by atoms with Gasteiger partial charge in [-0.05, 0) is 30.3 Å². The monoisotopic (exact) mass is 341 g/mol. The lowest BCUT2D eigenvalue weighted by atomic mass is 10.1. The molecule has 0 spiro atoms. The van der Waals surface area contributed by atoms with E-state index in [1.807, 2.05) is 0 Å². The van der Waals surface area contributed by atoms with Gasteiger partial charge in [0.15, 0.2) is 0 Å². The van der Waals surface area contributed by atoms with Gasteiger partial charge >= 0.3 is 0 Å². The number of anilines is 1. The number of rotatable bonds is 6. The third kappa shape index (κ3) is 4.81. The molecule has 0 heterocycles. The SMILES string of the molecule is CNC(=O)c1ccc(NC(=O)CNC(=O)c2ccccc2)c(OC)c1. The molecule has 0 saturated carbocycles. The minimum atomic E-state index is -0.407. The Kier molecular flexibility index (Phi) is 6.11. The molecular weight excluding hydrogens is 322 g/mol. The molecule has 2 aromatic rings. The number of hydrogen-bond donors (Lipinski definition) is 3. The Morgan fingerprint density at radius 2 is 1.68 bits per heavy atom. The highest BCUT2D eigenvalue weighted by molar-refractivity contribution is 6.00. The first kappa shape index (κ1) is 18.0. The van der Waals surface area contributed by atoms with Crippen molar-refractivity contribution in [2.75, 3.05) is 26.0 Å². The molecule has 0 aliphatic rings. The van der Waals surface area contributed by atoms with Crippen LogP contribution in [0, 0.1) is 0 Å². The Morgan fingerprint density at radius 3 is 2.32 bits per heavy atom. The van der Waals surface area contributed by atoms with Crippen LogP contribution in [0.15, 0.2) is 48.5 Å². The predicted octanol–water partition coefficient (Wildman–Crippen LogP) is 1.42. The third-order valence-corrected chi connectivity index (χ3v) is 3.41. The van der Waals surface area contributed by atoms with Crippen LogP contribution in [0.4, 0.5) is 5.69 Å². The van der Waals surface area contributed by atoms with Crippen LogP contribution in [0.25, 0.3) is 0 Å². The van der Waals surface area contributed by atoms with Gasteiger partial charge in [-0.1, -0.05) is 18.2 Å². The molecule has 3 N–H and O–H groups in total. The zero-order valence-electron chi connectivity index (χ0n) is 14.0. The molecule has 0 saturated heterocycles. The average molecular weight is 341 g/mol. The molecule has 3 amide bonds. The Labute approximate surface area is 145 Å². The van der Waals surface area contributed by atoms with Crippen molar-refractivity contribution in [3.63, 3.8) is 0 Å². The van der Waals surface area contributed by atoms with Gasteiger partial charge in [-0.15, -0.1) is 0 Å². The van der Waals surface area contributed by atoms with Gasteiger partial charge in [0, 0.05) is 18.2 Å². The zero-order valence-corrected chi connectivity index (χ0v) is 14.0. The lowest BCUT2D eigenvalue weighted by Crippen LogP contribution is -2.32. The largest absolute Gasteiger partial charge is 0.495 e. The summed E-state index contributed by atoms with van der Waals surface area (Å²) in [5, 5.41) is 7.69. The van der Waals surface area contributed by atoms with Gasteiger partial charge in [-0.2, -0.15) is 0 Å². The molecule has 2 rings (SSSR count). The predicted molar refractivity (Wildman–Crippen MR) is 93.8 cm³/mol. The number of ether oxygens (including phenoxy) is 1. The van der Waals surface area contributed by atoms with E-state index in [4.69, 9.17) is 4.74 Å². The number of hydrogen-bond acceptors (Lipinski definition) is 4. The number of benzene rings is 2. The van der Waals surface area contributed by atoms with Crippen molar-refractivity contribution in [3.05, 3.63) is 59.7 Å². The average Bonchev–Trinajstić information content (AvgIpc) is 2.66. The molecule has 0 bridgehead atoms. The van der Waals surface area contributed by atoms with Crippen LogP contribution >= 0.6 is 0 Å². The summed E-state index contributed by atoms with van der Waals surface area (Å²) in [7, 11) is 2.97. The Morgan fingerprint density at radius 1 is 0.960 bits per heavy atom. The fraction of sp³-hybridized carbons (Fsp3) is 0.167. The molecule has 0 fully saturated rings. The molecule has 0 atom stereocenters. The Balaban J connectivity index is 1.98. The van der Waals surface area contributed by atoms with Gasteiger partial charge in [0.1, 0.15) is 5.75 Å². The smallest absolute Gasteiger partial charge is 0.251 e. The molecule has 25 heavy (non-hydrogen) atoms. The third-order valence-electron chi connectivity index (χ3n) is 3.41. The van der Waals surface area contributed by atoms with Crippen LogP contribution in [-0.2, 0) is 4.79 Å². The van der Waals surface area contributed by atoms with E-state index in [9.17, 15) is 14.4 Å². The van der Waals surface area contributed by atoms with Crippen LogP contribution in [0.1, 0.15) is 20.7 Å². The summed E-state index contributed by atoms with van der Waals surface area (Å²) < 4.78 is 5.19. The molecule has 7 nitrogen and oxygen atoms in total. The number of nitrogens with one attached hydrogen (secondary N) is 3. The summed E-state index contributed by atoms with van der Waals surface area (Å²) in [6.07, 6.45) is 0. The van der Waals surface area contributed by atoms with Crippen LogP contribution in [-0.4, -0.2) is 38.4 Å². The first-order valence-electron chi connectivity index (χ1n) is 7.58. The zero-order chi connectivity index (χ0) is 18.2. The second-order valence-electron chi connectivity index (χ2n) is 5.09. The molecule has 0 radical (unpaired) electrons. The van der Waals surface area contributed by atoms with Crippen molar-refractivity contribution >= 4 is 23.4 Å². The lowest BCUT2D eigenvalue weighted by Gasteiger charge is -2.12. The van der Waals surface area contributed by atoms with Crippen molar-refractivity contribution in [2.24, 2.45) is 0 Å². The number of amides is 3. The van der Waals surface area contributed by atoms with Crippen molar-refractivity contribution in [3.8, 4) is 5.75 Å². The Hall–Kier alpha value is -3.35. The first-order chi connectivity index (χ1) is 12.0. The topological polar surface area (TPSA) is 96.5 Å². The van der Waals surface area contributed by atoms with Crippen molar-refractivity contribution in [1.29, 1.82) is 0 Å². The second kappa shape index (κ2) is 8.49. The van der Waals surface area contributed by atoms with E-state index in [0.717, 1.165) is 0 Å². The second-order valence-corrected chi connectivity index (χ2v) is 5.09. The summed E-state index contributed by atoms with van der Waals surface area (Å²) in [6.45, 7) is -0.186. The summed E-state index contributed by atoms with van der Waals surface area (Å²) in [5.74, 6) is -0.650. The number of carbonyl (C=O) groups is 3. The van der Waals surface area contributed by atoms with Gasteiger partial charge in [0.25, 0.3) is 11.8 Å². The van der Waals surface area contributed by atoms with E-state index in [1.165, 1.54) is 20.2 Å². The number of carbonyl (C=O) groups excluding carboxylic acids is 3. The fourth-order valence-electron chi connectivity index (χ4n) is 2.13. The normalized spacial score (nSPS) is 9.84. The summed E-state index contributed by atoms with van der Waals surface area (Å²) in [6, 6.07) is 13.3. The Bertz CT molecular complexity index is 775. The molecule has 7 heteroatoms. The van der Waals surface area contributed by atoms with Gasteiger partial charge in [0.05, 0.1) is 19.3 Å². The van der Waals surface area contributed by atoms with Gasteiger partial charge < -0.3 is 20.7 Å². The molecule has 2 aromatic carbocycles. The minimum Gasteiger partial charge on any atom is -0.495 e. The van der Waals surface area contributed by atoms with E-state index in [1.54, 1.807) is 42.5 Å². The summed E-state index contributed by atoms with van der Waals surface area (Å²) in [5.41, 5.74) is 1.30. The number of methoxy groups -OCH3 is 1. The maximum Gasteiger partial charge on any atom is 0.251 e. The van der Waals surface area contributed by atoms with Crippen molar-refractivity contribution < 1.29 is 19.1 Å². The minimum absolute atomic E-state index is 0.186. The first-order valence-corrected chi connectivity index (χ1v) is 7.58. The molecule has 0 aliphatic heterocycles. The molecule has 0 aromatic heterocycles. The maximum absolute atomic E-state index is 12.0. The maximum atomic E-state index is 12.0. The van der Waals surface area contributed by atoms with Crippen LogP contribution in [0.5, 0.6) is 5.75 Å². The van der Waals surface area contributed by atoms with E-state index in [0.29, 0.717) is 22.6 Å². The fourth-order valence-corrected chi connectivity index (χ4v) is 2.13. The molecule has 0 aliphatic carbocycles. The summed E-state index contributed by atoms with van der Waals surface area (Å²) in [4.78, 5) is 35.6. The van der Waals surface area contributed by atoms with Crippen LogP contribution in [0.2, 0.25) is 0 Å². The van der Waals surface area contributed by atoms with E-state index >= 15 is 0 Å². The van der Waals surface area contributed by atoms with Crippen molar-refractivity contribution in [1.82, 2.24) is 10.6 Å². The highest BCUT2D eigenvalue weighted by Gasteiger charge is 2.12. The van der Waals surface area contributed by atoms with Gasteiger partial charge in [-0.25, -0.2) is 0 Å². The van der Waals surface area contributed by atoms with Gasteiger partial charge in [0.2, 0.25) is 5.91 Å².